The van der Waals surface area contributed by atoms with Crippen molar-refractivity contribution in [1.82, 2.24) is 19.5 Å². The predicted molar refractivity (Wildman–Crippen MR) is 120 cm³/mol. The van der Waals surface area contributed by atoms with Crippen molar-refractivity contribution >= 4 is 31.8 Å². The van der Waals surface area contributed by atoms with Gasteiger partial charge < -0.3 is 14.4 Å². The average molecular weight is 465 g/mol. The summed E-state index contributed by atoms with van der Waals surface area (Å²) in [6.45, 7) is 7.00. The number of fused-ring (bicyclic) bond motifs is 1. The highest BCUT2D eigenvalue weighted by atomic mass is 32.2. The number of nitrogens with zero attached hydrogens (tertiary/aromatic N) is 5. The number of rotatable bonds is 6. The van der Waals surface area contributed by atoms with Crippen LogP contribution >= 0.6 is 11.3 Å². The molecular formula is C20H26N5O4S2+. The molecule has 4 heterocycles. The predicted octanol–water partition coefficient (Wildman–Crippen LogP) is 0.912. The third-order valence-corrected chi connectivity index (χ3v) is 8.72. The van der Waals surface area contributed by atoms with Crippen LogP contribution in [0.25, 0.3) is 16.2 Å². The number of sulfone groups is 1. The molecule has 0 radical (unpaired) electrons. The van der Waals surface area contributed by atoms with Gasteiger partial charge in [0.2, 0.25) is 19.1 Å². The van der Waals surface area contributed by atoms with Crippen molar-refractivity contribution in [3.63, 3.8) is 0 Å². The van der Waals surface area contributed by atoms with Gasteiger partial charge in [0.15, 0.2) is 13.2 Å². The van der Waals surface area contributed by atoms with Crippen molar-refractivity contribution in [2.75, 3.05) is 69.8 Å². The second-order valence-corrected chi connectivity index (χ2v) is 10.9. The van der Waals surface area contributed by atoms with Gasteiger partial charge in [-0.1, -0.05) is 23.5 Å². The molecule has 0 saturated carbocycles. The summed E-state index contributed by atoms with van der Waals surface area (Å²) in [6.07, 6.45) is 1.79. The van der Waals surface area contributed by atoms with Gasteiger partial charge in [-0.3, -0.25) is 4.90 Å². The molecule has 1 aromatic carbocycles. The second-order valence-electron chi connectivity index (χ2n) is 7.70. The van der Waals surface area contributed by atoms with Gasteiger partial charge in [-0.05, 0) is 12.1 Å². The highest BCUT2D eigenvalue weighted by Crippen LogP contribution is 2.27. The van der Waals surface area contributed by atoms with Gasteiger partial charge in [0.05, 0.1) is 43.9 Å². The second kappa shape index (κ2) is 8.83. The van der Waals surface area contributed by atoms with Crippen LogP contribution in [0.4, 0.5) is 5.69 Å². The number of imidazole rings is 1. The third-order valence-electron chi connectivity index (χ3n) is 5.65. The standard InChI is InChI=1S/C20H25N5O4S2/c26-31(27,14-9-23-5-10-28-11-6-23)20-22-25-15-18(21-19(25)30-20)16-1-3-17(4-2-16)24-7-12-29-13-8-24/h1-4,15H,5-14H2/p+1. The monoisotopic (exact) mass is 464 g/mol. The molecule has 2 aliphatic rings. The molecule has 0 spiro atoms. The van der Waals surface area contributed by atoms with E-state index in [2.05, 4.69) is 36.8 Å². The maximum Gasteiger partial charge on any atom is 0.232 e. The van der Waals surface area contributed by atoms with E-state index in [9.17, 15) is 8.42 Å². The molecule has 0 amide bonds. The molecule has 11 heteroatoms. The van der Waals surface area contributed by atoms with Crippen molar-refractivity contribution in [2.45, 2.75) is 4.34 Å². The van der Waals surface area contributed by atoms with Gasteiger partial charge in [-0.2, -0.15) is 0 Å². The van der Waals surface area contributed by atoms with Crippen LogP contribution in [0.15, 0.2) is 34.8 Å². The summed E-state index contributed by atoms with van der Waals surface area (Å²) < 4.78 is 36.8. The minimum absolute atomic E-state index is 0.0573. The van der Waals surface area contributed by atoms with E-state index < -0.39 is 9.84 Å². The largest absolute Gasteiger partial charge is 0.431 e. The first-order chi connectivity index (χ1) is 15.1. The van der Waals surface area contributed by atoms with Gasteiger partial charge in [0.1, 0.15) is 0 Å². The quantitative estimate of drug-likeness (QED) is 0.501. The number of hydrogen-bond donors (Lipinski definition) is 0. The summed E-state index contributed by atoms with van der Waals surface area (Å²) in [7, 11) is -3.44. The summed E-state index contributed by atoms with van der Waals surface area (Å²) >= 11 is 1.12. The summed E-state index contributed by atoms with van der Waals surface area (Å²) in [5.74, 6) is 0.0573. The lowest BCUT2D eigenvalue weighted by Gasteiger charge is -2.26. The Labute approximate surface area is 185 Å². The molecule has 2 fully saturated rings. The normalized spacial score (nSPS) is 18.6. The first kappa shape index (κ1) is 20.8. The van der Waals surface area contributed by atoms with E-state index in [0.717, 1.165) is 62.0 Å². The molecule has 2 aromatic heterocycles. The molecule has 2 saturated heterocycles. The maximum absolute atomic E-state index is 12.7. The molecular weight excluding hydrogens is 438 g/mol. The third kappa shape index (κ3) is 4.60. The zero-order valence-electron chi connectivity index (χ0n) is 17.2. The SMILES string of the molecule is O=S(=O)(CCN1CCOCC1)c1nn2cc(-c3ccc(N4CC[OH+]CC4)cc3)nc2s1. The van der Waals surface area contributed by atoms with Crippen LogP contribution < -0.4 is 4.90 Å². The van der Waals surface area contributed by atoms with E-state index in [4.69, 9.17) is 4.74 Å². The Hall–Kier alpha value is -2.05. The highest BCUT2D eigenvalue weighted by molar-refractivity contribution is 7.93. The fourth-order valence-corrected chi connectivity index (χ4v) is 6.30. The molecule has 31 heavy (non-hydrogen) atoms. The zero-order chi connectivity index (χ0) is 21.3. The average Bonchev–Trinajstić information content (AvgIpc) is 3.40. The number of anilines is 1. The van der Waals surface area contributed by atoms with E-state index in [1.54, 1.807) is 10.7 Å². The number of aromatic nitrogens is 3. The van der Waals surface area contributed by atoms with E-state index in [0.29, 0.717) is 24.7 Å². The van der Waals surface area contributed by atoms with Crippen molar-refractivity contribution in [1.29, 1.82) is 0 Å². The number of ether oxygens (including phenoxy) is 2. The number of benzene rings is 1. The molecule has 3 aromatic rings. The fourth-order valence-electron chi connectivity index (χ4n) is 3.82. The van der Waals surface area contributed by atoms with Crippen LogP contribution in [-0.4, -0.2) is 97.6 Å². The van der Waals surface area contributed by atoms with Gasteiger partial charge in [0, 0.05) is 30.9 Å². The Bertz CT molecular complexity index is 1100. The highest BCUT2D eigenvalue weighted by Gasteiger charge is 2.23. The molecule has 9 nitrogen and oxygen atoms in total. The van der Waals surface area contributed by atoms with E-state index in [1.165, 1.54) is 5.69 Å². The molecule has 0 bridgehead atoms. The molecule has 2 aliphatic heterocycles. The molecule has 0 aliphatic carbocycles. The van der Waals surface area contributed by atoms with Crippen molar-refractivity contribution < 1.29 is 17.9 Å². The van der Waals surface area contributed by atoms with Gasteiger partial charge in [0.25, 0.3) is 0 Å². The van der Waals surface area contributed by atoms with E-state index >= 15 is 0 Å². The van der Waals surface area contributed by atoms with Gasteiger partial charge >= 0.3 is 0 Å². The Morgan fingerprint density at radius 1 is 1.06 bits per heavy atom. The number of aliphatic hydroxyl groups is 2. The summed E-state index contributed by atoms with van der Waals surface area (Å²) in [5, 5.41) is 4.31. The Kier molecular flexibility index (Phi) is 5.93. The minimum atomic E-state index is -3.44. The molecule has 0 unspecified atom stereocenters. The van der Waals surface area contributed by atoms with E-state index in [1.807, 2.05) is 12.1 Å². The molecule has 5 rings (SSSR count). The maximum atomic E-state index is 12.7. The lowest BCUT2D eigenvalue weighted by atomic mass is 10.1. The van der Waals surface area contributed by atoms with Crippen LogP contribution in [0, 0.1) is 0 Å². The van der Waals surface area contributed by atoms with Crippen LogP contribution in [0.2, 0.25) is 0 Å². The van der Waals surface area contributed by atoms with Crippen molar-refractivity contribution in [3.8, 4) is 11.3 Å². The molecule has 0 atom stereocenters. The summed E-state index contributed by atoms with van der Waals surface area (Å²) in [5.41, 5.74) is 2.96. The van der Waals surface area contributed by atoms with Crippen molar-refractivity contribution in [3.05, 3.63) is 30.5 Å². The van der Waals surface area contributed by atoms with Crippen LogP contribution in [0.5, 0.6) is 0 Å². The lowest BCUT2D eigenvalue weighted by Crippen LogP contribution is -2.39. The molecule has 166 valence electrons. The summed E-state index contributed by atoms with van der Waals surface area (Å²) in [6, 6.07) is 8.30. The first-order valence-corrected chi connectivity index (χ1v) is 12.9. The van der Waals surface area contributed by atoms with Gasteiger partial charge in [-0.15, -0.1) is 5.10 Å². The Morgan fingerprint density at radius 3 is 2.52 bits per heavy atom. The fraction of sp³-hybridized carbons (Fsp3) is 0.500. The number of hydrogen-bond acceptors (Lipinski definition) is 8. The first-order valence-electron chi connectivity index (χ1n) is 10.5. The van der Waals surface area contributed by atoms with Crippen molar-refractivity contribution in [2.24, 2.45) is 0 Å². The topological polar surface area (TPSA) is 92.8 Å². The smallest absolute Gasteiger partial charge is 0.232 e. The van der Waals surface area contributed by atoms with Crippen LogP contribution in [0.1, 0.15) is 0 Å². The summed E-state index contributed by atoms with van der Waals surface area (Å²) in [4.78, 5) is 9.64. The number of morpholine rings is 2. The lowest BCUT2D eigenvalue weighted by molar-refractivity contribution is -0.0437. The zero-order valence-corrected chi connectivity index (χ0v) is 18.8. The van der Waals surface area contributed by atoms with Crippen LogP contribution in [-0.2, 0) is 14.6 Å². The molecule has 1 N–H and O–H groups in total. The van der Waals surface area contributed by atoms with E-state index in [-0.39, 0.29) is 10.1 Å². The Morgan fingerprint density at radius 2 is 1.81 bits per heavy atom. The minimum Gasteiger partial charge on any atom is -0.431 e. The van der Waals surface area contributed by atoms with Crippen LogP contribution in [0.3, 0.4) is 0 Å². The van der Waals surface area contributed by atoms with Gasteiger partial charge in [-0.25, -0.2) is 17.9 Å². The Balaban J connectivity index is 1.28.